The minimum Gasteiger partial charge on any atom is -0.359 e. The first kappa shape index (κ1) is 24.2. The molecule has 154 valence electrons. The zero-order chi connectivity index (χ0) is 19.8. The highest BCUT2D eigenvalue weighted by Gasteiger charge is 2.09. The lowest BCUT2D eigenvalue weighted by Gasteiger charge is -2.11. The zero-order valence-electron chi connectivity index (χ0n) is 16.5. The average molecular weight is 520 g/mol. The van der Waals surface area contributed by atoms with Crippen molar-refractivity contribution in [1.29, 1.82) is 0 Å². The van der Waals surface area contributed by atoms with Crippen LogP contribution in [0.15, 0.2) is 33.8 Å². The van der Waals surface area contributed by atoms with Gasteiger partial charge in [-0.1, -0.05) is 36.7 Å². The van der Waals surface area contributed by atoms with Crippen molar-refractivity contribution in [3.05, 3.63) is 46.3 Å². The quantitative estimate of drug-likeness (QED) is 0.291. The van der Waals surface area contributed by atoms with Crippen LogP contribution in [0.5, 0.6) is 0 Å². The van der Waals surface area contributed by atoms with Gasteiger partial charge in [0.15, 0.2) is 11.7 Å². The van der Waals surface area contributed by atoms with Gasteiger partial charge in [0.25, 0.3) is 0 Å². The Kier molecular flexibility index (Phi) is 10.3. The number of aromatic nitrogens is 1. The number of rotatable bonds is 7. The maximum Gasteiger partial charge on any atom is 0.226 e. The number of amides is 1. The Labute approximate surface area is 187 Å². The van der Waals surface area contributed by atoms with Gasteiger partial charge in [0.1, 0.15) is 0 Å². The summed E-state index contributed by atoms with van der Waals surface area (Å²) in [7, 11) is 1.67. The van der Waals surface area contributed by atoms with Crippen LogP contribution in [0, 0.1) is 6.92 Å². The summed E-state index contributed by atoms with van der Waals surface area (Å²) in [6.07, 6.45) is 0.282. The van der Waals surface area contributed by atoms with Crippen molar-refractivity contribution in [3.63, 3.8) is 0 Å². The highest BCUT2D eigenvalue weighted by molar-refractivity contribution is 14.0. The molecule has 1 aromatic carbocycles. The minimum atomic E-state index is -0.125. The molecule has 0 saturated carbocycles. The maximum absolute atomic E-state index is 12.1. The molecule has 2 rings (SSSR count). The molecular formula is C19H27ClIN5O2. The Bertz CT molecular complexity index is 807. The van der Waals surface area contributed by atoms with Crippen LogP contribution in [0.4, 0.5) is 5.69 Å². The third kappa shape index (κ3) is 7.67. The van der Waals surface area contributed by atoms with Crippen LogP contribution in [-0.2, 0) is 11.3 Å². The van der Waals surface area contributed by atoms with E-state index in [1.165, 1.54) is 0 Å². The molecule has 0 aliphatic rings. The molecule has 0 fully saturated rings. The molecule has 0 aliphatic carbocycles. The van der Waals surface area contributed by atoms with Crippen molar-refractivity contribution in [3.8, 4) is 0 Å². The molecule has 1 amide bonds. The van der Waals surface area contributed by atoms with Crippen LogP contribution < -0.4 is 16.0 Å². The summed E-state index contributed by atoms with van der Waals surface area (Å²) in [6, 6.07) is 7.44. The highest BCUT2D eigenvalue weighted by atomic mass is 127. The number of hydrogen-bond donors (Lipinski definition) is 3. The van der Waals surface area contributed by atoms with Crippen molar-refractivity contribution in [2.45, 2.75) is 39.7 Å². The molecule has 9 heteroatoms. The van der Waals surface area contributed by atoms with Gasteiger partial charge in [-0.3, -0.25) is 9.79 Å². The SMILES string of the molecule is CN=C(NCCC(=O)Nc1ccc(C)cc1Cl)NCc1cc(C(C)C)no1.I. The Morgan fingerprint density at radius 3 is 2.64 bits per heavy atom. The number of nitrogens with zero attached hydrogens (tertiary/aromatic N) is 2. The summed E-state index contributed by atoms with van der Waals surface area (Å²) < 4.78 is 5.28. The molecule has 28 heavy (non-hydrogen) atoms. The maximum atomic E-state index is 12.1. The molecule has 0 aliphatic heterocycles. The van der Waals surface area contributed by atoms with Crippen LogP contribution in [-0.4, -0.2) is 30.6 Å². The second-order valence-electron chi connectivity index (χ2n) is 6.51. The van der Waals surface area contributed by atoms with Crippen molar-refractivity contribution >= 4 is 53.1 Å². The lowest BCUT2D eigenvalue weighted by Crippen LogP contribution is -2.38. The van der Waals surface area contributed by atoms with Crippen LogP contribution in [0.25, 0.3) is 0 Å². The standard InChI is InChI=1S/C19H26ClN5O2.HI/c1-12(2)17-10-14(27-25-17)11-23-19(21-4)22-8-7-18(26)24-16-6-5-13(3)9-15(16)20;/h5-6,9-10,12H,7-8,11H2,1-4H3,(H,24,26)(H2,21,22,23);1H. The van der Waals surface area contributed by atoms with E-state index in [1.807, 2.05) is 25.1 Å². The number of aryl methyl sites for hydroxylation is 1. The van der Waals surface area contributed by atoms with E-state index in [2.05, 4.69) is 39.9 Å². The summed E-state index contributed by atoms with van der Waals surface area (Å²) in [6.45, 7) is 6.96. The van der Waals surface area contributed by atoms with Crippen molar-refractivity contribution < 1.29 is 9.32 Å². The van der Waals surface area contributed by atoms with Gasteiger partial charge in [0.2, 0.25) is 5.91 Å². The Hall–Kier alpha value is -1.81. The number of carbonyl (C=O) groups is 1. The van der Waals surface area contributed by atoms with Gasteiger partial charge in [-0.25, -0.2) is 0 Å². The fourth-order valence-electron chi connectivity index (χ4n) is 2.30. The summed E-state index contributed by atoms with van der Waals surface area (Å²) in [5.41, 5.74) is 2.57. The molecule has 0 unspecified atom stereocenters. The van der Waals surface area contributed by atoms with Crippen LogP contribution in [0.1, 0.15) is 43.2 Å². The van der Waals surface area contributed by atoms with E-state index in [0.717, 1.165) is 17.0 Å². The number of benzene rings is 1. The Morgan fingerprint density at radius 1 is 1.29 bits per heavy atom. The van der Waals surface area contributed by atoms with Gasteiger partial charge in [-0.2, -0.15) is 0 Å². The third-order valence-corrected chi connectivity index (χ3v) is 4.18. The first-order valence-corrected chi connectivity index (χ1v) is 9.23. The summed E-state index contributed by atoms with van der Waals surface area (Å²) in [5.74, 6) is 1.51. The number of nitrogens with one attached hydrogen (secondary N) is 3. The van der Waals surface area contributed by atoms with Crippen molar-refractivity contribution in [2.75, 3.05) is 18.9 Å². The molecule has 2 aromatic rings. The Balaban J connectivity index is 0.00000392. The third-order valence-electron chi connectivity index (χ3n) is 3.87. The van der Waals surface area contributed by atoms with E-state index >= 15 is 0 Å². The molecule has 7 nitrogen and oxygen atoms in total. The van der Waals surface area contributed by atoms with Crippen molar-refractivity contribution in [2.24, 2.45) is 4.99 Å². The number of guanidine groups is 1. The van der Waals surface area contributed by atoms with Gasteiger partial charge in [-0.05, 0) is 30.5 Å². The van der Waals surface area contributed by atoms with E-state index in [9.17, 15) is 4.79 Å². The van der Waals surface area contributed by atoms with Gasteiger partial charge in [0.05, 0.1) is 22.9 Å². The minimum absolute atomic E-state index is 0. The molecule has 1 heterocycles. The molecule has 0 radical (unpaired) electrons. The molecule has 0 atom stereocenters. The molecule has 3 N–H and O–H groups in total. The van der Waals surface area contributed by atoms with E-state index in [1.54, 1.807) is 13.1 Å². The second kappa shape index (κ2) is 11.9. The van der Waals surface area contributed by atoms with E-state index in [-0.39, 0.29) is 36.3 Å². The molecule has 0 saturated heterocycles. The summed E-state index contributed by atoms with van der Waals surface area (Å²) in [4.78, 5) is 16.2. The number of hydrogen-bond acceptors (Lipinski definition) is 4. The number of anilines is 1. The topological polar surface area (TPSA) is 91.5 Å². The number of aliphatic imine (C=N–C) groups is 1. The summed E-state index contributed by atoms with van der Waals surface area (Å²) in [5, 5.41) is 13.6. The second-order valence-corrected chi connectivity index (χ2v) is 6.91. The molecule has 0 spiro atoms. The lowest BCUT2D eigenvalue weighted by molar-refractivity contribution is -0.116. The lowest BCUT2D eigenvalue weighted by atomic mass is 10.1. The zero-order valence-corrected chi connectivity index (χ0v) is 19.6. The van der Waals surface area contributed by atoms with Crippen LogP contribution in [0.3, 0.4) is 0 Å². The van der Waals surface area contributed by atoms with E-state index < -0.39 is 0 Å². The first-order chi connectivity index (χ1) is 12.9. The van der Waals surface area contributed by atoms with E-state index in [4.69, 9.17) is 16.1 Å². The van der Waals surface area contributed by atoms with Gasteiger partial charge >= 0.3 is 0 Å². The normalized spacial score (nSPS) is 11.1. The van der Waals surface area contributed by atoms with Gasteiger partial charge in [0, 0.05) is 26.1 Å². The van der Waals surface area contributed by atoms with E-state index in [0.29, 0.717) is 35.7 Å². The predicted molar refractivity (Wildman–Crippen MR) is 124 cm³/mol. The Morgan fingerprint density at radius 2 is 2.04 bits per heavy atom. The van der Waals surface area contributed by atoms with Gasteiger partial charge in [-0.15, -0.1) is 24.0 Å². The molecule has 1 aromatic heterocycles. The summed E-state index contributed by atoms with van der Waals surface area (Å²) >= 11 is 6.13. The van der Waals surface area contributed by atoms with Crippen LogP contribution in [0.2, 0.25) is 5.02 Å². The molecule has 0 bridgehead atoms. The van der Waals surface area contributed by atoms with Crippen molar-refractivity contribution in [1.82, 2.24) is 15.8 Å². The highest BCUT2D eigenvalue weighted by Crippen LogP contribution is 2.22. The number of carbonyl (C=O) groups excluding carboxylic acids is 1. The first-order valence-electron chi connectivity index (χ1n) is 8.85. The fourth-order valence-corrected chi connectivity index (χ4v) is 2.59. The largest absolute Gasteiger partial charge is 0.359 e. The smallest absolute Gasteiger partial charge is 0.226 e. The molecular weight excluding hydrogens is 493 g/mol. The van der Waals surface area contributed by atoms with Gasteiger partial charge < -0.3 is 20.5 Å². The monoisotopic (exact) mass is 519 g/mol. The van der Waals surface area contributed by atoms with Crippen LogP contribution >= 0.6 is 35.6 Å². The fraction of sp³-hybridized carbons (Fsp3) is 0.421. The number of halogens is 2. The predicted octanol–water partition coefficient (Wildman–Crippen LogP) is 4.07. The average Bonchev–Trinajstić information content (AvgIpc) is 3.09.